The van der Waals surface area contributed by atoms with Crippen LogP contribution < -0.4 is 0 Å². The predicted molar refractivity (Wildman–Crippen MR) is 86.2 cm³/mol. The van der Waals surface area contributed by atoms with Gasteiger partial charge in [-0.1, -0.05) is 0 Å². The van der Waals surface area contributed by atoms with E-state index in [0.717, 1.165) is 0 Å². The Morgan fingerprint density at radius 2 is 1.00 bits per heavy atom. The number of hydrogen-bond donors (Lipinski definition) is 0. The fourth-order valence-electron chi connectivity index (χ4n) is 1.75. The number of rotatable bonds is 4. The molecule has 0 bridgehead atoms. The first kappa shape index (κ1) is 14.1. The number of aryl methyl sites for hydroxylation is 2. The van der Waals surface area contributed by atoms with Crippen LogP contribution in [0.25, 0.3) is 7.24 Å². The van der Waals surface area contributed by atoms with Gasteiger partial charge in [-0.2, -0.15) is 0 Å². The molecule has 0 aromatic heterocycles. The standard InChI is InChI=1S/C18H18Te/c1-13-5-9-17(10-6-13)15(3)19-16(4)18-11-7-14(2)8-12-18/h5-12H,3-4H2,1-2H3. The summed E-state index contributed by atoms with van der Waals surface area (Å²) in [6.07, 6.45) is 0. The van der Waals surface area contributed by atoms with Crippen molar-refractivity contribution in [3.63, 3.8) is 0 Å². The molecule has 1 heteroatoms. The molecule has 0 spiro atoms. The fourth-order valence-corrected chi connectivity index (χ4v) is 4.04. The summed E-state index contributed by atoms with van der Waals surface area (Å²) in [5.41, 5.74) is 5.08. The molecule has 0 saturated heterocycles. The molecule has 0 radical (unpaired) electrons. The number of benzene rings is 2. The SMILES string of the molecule is C=C([Te]C(=C)c1ccc(C)cc1)c1ccc(C)cc1. The number of hydrogen-bond acceptors (Lipinski definition) is 0. The molecule has 2 rings (SSSR count). The van der Waals surface area contributed by atoms with Gasteiger partial charge in [0, 0.05) is 0 Å². The summed E-state index contributed by atoms with van der Waals surface area (Å²) in [6.45, 7) is 12.7. The summed E-state index contributed by atoms with van der Waals surface area (Å²) in [4.78, 5) is 0. The van der Waals surface area contributed by atoms with Crippen LogP contribution in [0.2, 0.25) is 0 Å². The van der Waals surface area contributed by atoms with Gasteiger partial charge in [-0.3, -0.25) is 0 Å². The van der Waals surface area contributed by atoms with Crippen molar-refractivity contribution in [2.24, 2.45) is 0 Å². The van der Waals surface area contributed by atoms with Crippen molar-refractivity contribution in [2.45, 2.75) is 13.8 Å². The molecule has 19 heavy (non-hydrogen) atoms. The zero-order chi connectivity index (χ0) is 13.8. The van der Waals surface area contributed by atoms with E-state index in [1.54, 1.807) is 0 Å². The van der Waals surface area contributed by atoms with Crippen LogP contribution in [0.4, 0.5) is 0 Å². The average Bonchev–Trinajstić information content (AvgIpc) is 2.40. The van der Waals surface area contributed by atoms with Crippen LogP contribution in [0.5, 0.6) is 0 Å². The summed E-state index contributed by atoms with van der Waals surface area (Å²) in [5.74, 6) is 0. The molecule has 0 aliphatic rings. The summed E-state index contributed by atoms with van der Waals surface area (Å²) >= 11 is -0.463. The third kappa shape index (κ3) is 3.83. The van der Waals surface area contributed by atoms with Gasteiger partial charge in [0.05, 0.1) is 0 Å². The van der Waals surface area contributed by atoms with E-state index in [-0.39, 0.29) is 0 Å². The van der Waals surface area contributed by atoms with Crippen molar-refractivity contribution in [3.05, 3.63) is 83.9 Å². The van der Waals surface area contributed by atoms with Gasteiger partial charge >= 0.3 is 126 Å². The van der Waals surface area contributed by atoms with Crippen molar-refractivity contribution in [1.29, 1.82) is 0 Å². The molecule has 0 amide bonds. The van der Waals surface area contributed by atoms with E-state index >= 15 is 0 Å². The molecule has 0 atom stereocenters. The molecular formula is C18H18Te. The second kappa shape index (κ2) is 6.24. The van der Waals surface area contributed by atoms with Crippen LogP contribution >= 0.6 is 0 Å². The molecule has 0 aliphatic carbocycles. The van der Waals surface area contributed by atoms with Crippen molar-refractivity contribution in [3.8, 4) is 0 Å². The molecular weight excluding hydrogens is 344 g/mol. The van der Waals surface area contributed by atoms with Crippen molar-refractivity contribution < 1.29 is 0 Å². The first-order chi connectivity index (χ1) is 9.06. The summed E-state index contributed by atoms with van der Waals surface area (Å²) in [7, 11) is 0. The molecule has 0 heterocycles. The molecule has 0 fully saturated rings. The van der Waals surface area contributed by atoms with E-state index in [9.17, 15) is 0 Å². The third-order valence-electron chi connectivity index (χ3n) is 2.99. The Hall–Kier alpha value is -1.29. The second-order valence-electron chi connectivity index (χ2n) is 4.68. The summed E-state index contributed by atoms with van der Waals surface area (Å²) in [6, 6.07) is 17.2. The zero-order valence-electron chi connectivity index (χ0n) is 11.4. The van der Waals surface area contributed by atoms with E-state index < -0.39 is 20.9 Å². The minimum absolute atomic E-state index is 0.463. The first-order valence-electron chi connectivity index (χ1n) is 6.26. The summed E-state index contributed by atoms with van der Waals surface area (Å²) in [5, 5.41) is 0. The minimum atomic E-state index is -0.463. The van der Waals surface area contributed by atoms with Crippen LogP contribution in [-0.4, -0.2) is 20.9 Å². The van der Waals surface area contributed by atoms with E-state index in [4.69, 9.17) is 0 Å². The monoisotopic (exact) mass is 364 g/mol. The molecule has 2 aromatic rings. The van der Waals surface area contributed by atoms with Crippen LogP contribution in [-0.2, 0) is 0 Å². The molecule has 0 unspecified atom stereocenters. The van der Waals surface area contributed by atoms with Crippen LogP contribution in [0.1, 0.15) is 22.3 Å². The van der Waals surface area contributed by atoms with Gasteiger partial charge in [0.2, 0.25) is 0 Å². The first-order valence-corrected chi connectivity index (χ1v) is 8.59. The Labute approximate surface area is 126 Å². The van der Waals surface area contributed by atoms with Crippen molar-refractivity contribution >= 4 is 28.2 Å². The van der Waals surface area contributed by atoms with Gasteiger partial charge in [-0.25, -0.2) is 0 Å². The maximum atomic E-state index is 4.23. The van der Waals surface area contributed by atoms with Gasteiger partial charge in [-0.05, 0) is 0 Å². The molecule has 2 aromatic carbocycles. The van der Waals surface area contributed by atoms with Gasteiger partial charge in [0.1, 0.15) is 0 Å². The summed E-state index contributed by atoms with van der Waals surface area (Å²) < 4.78 is 2.49. The molecule has 0 nitrogen and oxygen atoms in total. The molecule has 0 aliphatic heterocycles. The van der Waals surface area contributed by atoms with E-state index in [1.165, 1.54) is 29.5 Å². The van der Waals surface area contributed by atoms with E-state index in [0.29, 0.717) is 0 Å². The van der Waals surface area contributed by atoms with E-state index in [1.807, 2.05) is 0 Å². The van der Waals surface area contributed by atoms with Crippen LogP contribution in [0.3, 0.4) is 0 Å². The normalized spacial score (nSPS) is 10.2. The Balaban J connectivity index is 2.08. The van der Waals surface area contributed by atoms with Gasteiger partial charge in [0.15, 0.2) is 0 Å². The van der Waals surface area contributed by atoms with Gasteiger partial charge in [0.25, 0.3) is 0 Å². The van der Waals surface area contributed by atoms with Crippen molar-refractivity contribution in [2.75, 3.05) is 0 Å². The zero-order valence-corrected chi connectivity index (χ0v) is 13.8. The molecule has 0 saturated carbocycles. The predicted octanol–water partition coefficient (Wildman–Crippen LogP) is 4.65. The van der Waals surface area contributed by atoms with Crippen LogP contribution in [0, 0.1) is 13.8 Å². The Morgan fingerprint density at radius 3 is 1.32 bits per heavy atom. The second-order valence-corrected chi connectivity index (χ2v) is 8.08. The molecule has 0 N–H and O–H groups in total. The quantitative estimate of drug-likeness (QED) is 0.695. The third-order valence-corrected chi connectivity index (χ3v) is 5.75. The Morgan fingerprint density at radius 1 is 0.684 bits per heavy atom. The topological polar surface area (TPSA) is 0 Å². The Kier molecular flexibility index (Phi) is 4.64. The average molecular weight is 362 g/mol. The van der Waals surface area contributed by atoms with Gasteiger partial charge in [-0.15, -0.1) is 0 Å². The fraction of sp³-hybridized carbons (Fsp3) is 0.111. The van der Waals surface area contributed by atoms with E-state index in [2.05, 4.69) is 75.5 Å². The van der Waals surface area contributed by atoms with Crippen LogP contribution in [0.15, 0.2) is 61.7 Å². The van der Waals surface area contributed by atoms with Gasteiger partial charge < -0.3 is 0 Å². The maximum absolute atomic E-state index is 4.23. The Bertz CT molecular complexity index is 533. The van der Waals surface area contributed by atoms with Crippen molar-refractivity contribution in [1.82, 2.24) is 0 Å². The molecule has 96 valence electrons.